The van der Waals surface area contributed by atoms with Crippen molar-refractivity contribution in [2.45, 2.75) is 98.5 Å². The normalized spacial score (nSPS) is 48.6. The van der Waals surface area contributed by atoms with Crippen LogP contribution in [0.25, 0.3) is 0 Å². The Kier molecular flexibility index (Phi) is 6.67. The zero-order valence-electron chi connectivity index (χ0n) is 18.9. The first-order valence-electron chi connectivity index (χ1n) is 12.0. The van der Waals surface area contributed by atoms with E-state index < -0.39 is 6.10 Å². The Labute approximate surface area is 172 Å². The lowest BCUT2D eigenvalue weighted by Crippen LogP contribution is -2.54. The van der Waals surface area contributed by atoms with E-state index in [4.69, 9.17) is 10.2 Å². The maximum absolute atomic E-state index is 12.3. The van der Waals surface area contributed by atoms with Crippen LogP contribution in [0.3, 0.4) is 0 Å². The molecule has 0 bridgehead atoms. The molecule has 3 heteroatoms. The molecule has 3 nitrogen and oxygen atoms in total. The Bertz CT molecular complexity index is 558. The van der Waals surface area contributed by atoms with Crippen molar-refractivity contribution in [3.63, 3.8) is 0 Å². The van der Waals surface area contributed by atoms with E-state index in [-0.39, 0.29) is 6.61 Å². The fraction of sp³-hybridized carbons (Fsp3) is 0.960. The lowest BCUT2D eigenvalue weighted by Gasteiger charge is -2.61. The van der Waals surface area contributed by atoms with Crippen LogP contribution in [0.15, 0.2) is 0 Å². The largest absolute Gasteiger partial charge is 0.394 e. The molecule has 0 aromatic rings. The van der Waals surface area contributed by atoms with Gasteiger partial charge in [0.25, 0.3) is 0 Å². The summed E-state index contributed by atoms with van der Waals surface area (Å²) in [5, 5.41) is 16.0. The van der Waals surface area contributed by atoms with E-state index in [0.29, 0.717) is 28.4 Å². The number of hydrogen-bond donors (Lipinski definition) is 2. The van der Waals surface area contributed by atoms with Gasteiger partial charge in [-0.1, -0.05) is 34.1 Å². The van der Waals surface area contributed by atoms with Gasteiger partial charge in [0.05, 0.1) is 12.7 Å². The summed E-state index contributed by atoms with van der Waals surface area (Å²) in [7, 11) is 0. The topological polar surface area (TPSA) is 57.5 Å². The van der Waals surface area contributed by atoms with Crippen molar-refractivity contribution < 1.29 is 15.0 Å². The van der Waals surface area contributed by atoms with E-state index in [0.717, 1.165) is 30.1 Å². The van der Waals surface area contributed by atoms with Crippen LogP contribution in [-0.4, -0.2) is 28.7 Å². The van der Waals surface area contributed by atoms with Gasteiger partial charge in [0.2, 0.25) is 0 Å². The first kappa shape index (κ1) is 22.3. The highest BCUT2D eigenvalue weighted by atomic mass is 16.3. The Morgan fingerprint density at radius 2 is 1.71 bits per heavy atom. The van der Waals surface area contributed by atoms with Crippen LogP contribution in [0.1, 0.15) is 92.4 Å². The SMILES string of the molecule is CC(O)CO.CC[C@H]1CC[C@H]2[C@@H]3CCC4CC(=O)C(C)C[C@]4(C)[C@H]3CC[C@]12C. The molecule has 3 unspecified atom stereocenters. The fourth-order valence-corrected chi connectivity index (χ4v) is 8.19. The number of aliphatic hydroxyl groups is 2. The van der Waals surface area contributed by atoms with Crippen molar-refractivity contribution in [2.75, 3.05) is 6.61 Å². The number of rotatable bonds is 2. The van der Waals surface area contributed by atoms with Gasteiger partial charge in [-0.25, -0.2) is 0 Å². The van der Waals surface area contributed by atoms with Gasteiger partial charge in [-0.3, -0.25) is 4.79 Å². The Morgan fingerprint density at radius 3 is 2.32 bits per heavy atom. The minimum atomic E-state index is -0.560. The van der Waals surface area contributed by atoms with E-state index in [2.05, 4.69) is 27.7 Å². The van der Waals surface area contributed by atoms with Crippen molar-refractivity contribution in [2.24, 2.45) is 46.3 Å². The molecular formula is C25H44O3. The summed E-state index contributed by atoms with van der Waals surface area (Å²) in [6, 6.07) is 0. The van der Waals surface area contributed by atoms with E-state index in [9.17, 15) is 4.79 Å². The van der Waals surface area contributed by atoms with Gasteiger partial charge in [0.1, 0.15) is 5.78 Å². The highest BCUT2D eigenvalue weighted by Gasteiger charge is 2.60. The van der Waals surface area contributed by atoms with Gasteiger partial charge < -0.3 is 10.2 Å². The second kappa shape index (κ2) is 8.38. The van der Waals surface area contributed by atoms with Gasteiger partial charge in [-0.2, -0.15) is 0 Å². The molecule has 4 aliphatic carbocycles. The number of ketones is 1. The number of Topliss-reactive ketones (excluding diaryl/α,β-unsaturated/α-hetero) is 1. The smallest absolute Gasteiger partial charge is 0.136 e. The number of hydrogen-bond acceptors (Lipinski definition) is 3. The number of carbonyl (C=O) groups excluding carboxylic acids is 1. The third kappa shape index (κ3) is 3.71. The lowest BCUT2D eigenvalue weighted by atomic mass is 9.44. The van der Waals surface area contributed by atoms with Crippen LogP contribution in [-0.2, 0) is 4.79 Å². The minimum absolute atomic E-state index is 0.139. The molecule has 2 N–H and O–H groups in total. The summed E-state index contributed by atoms with van der Waals surface area (Å²) in [6.45, 7) is 11.2. The Balaban J connectivity index is 0.000000403. The van der Waals surface area contributed by atoms with Crippen LogP contribution in [0.2, 0.25) is 0 Å². The molecule has 28 heavy (non-hydrogen) atoms. The average Bonchev–Trinajstić information content (AvgIpc) is 3.00. The fourth-order valence-electron chi connectivity index (χ4n) is 8.19. The second-order valence-corrected chi connectivity index (χ2v) is 11.2. The van der Waals surface area contributed by atoms with Gasteiger partial charge in [-0.05, 0) is 92.3 Å². The highest BCUT2D eigenvalue weighted by Crippen LogP contribution is 2.67. The molecule has 0 aliphatic heterocycles. The molecule has 4 saturated carbocycles. The third-order valence-corrected chi connectivity index (χ3v) is 9.76. The molecule has 4 rings (SSSR count). The molecule has 4 aliphatic rings. The van der Waals surface area contributed by atoms with Crippen molar-refractivity contribution in [3.05, 3.63) is 0 Å². The average molecular weight is 393 g/mol. The van der Waals surface area contributed by atoms with E-state index in [1.165, 1.54) is 58.3 Å². The molecule has 4 fully saturated rings. The maximum atomic E-state index is 12.3. The van der Waals surface area contributed by atoms with Crippen LogP contribution in [0, 0.1) is 46.3 Å². The number of carbonyl (C=O) groups is 1. The van der Waals surface area contributed by atoms with Crippen molar-refractivity contribution in [1.29, 1.82) is 0 Å². The van der Waals surface area contributed by atoms with Crippen molar-refractivity contribution in [1.82, 2.24) is 0 Å². The van der Waals surface area contributed by atoms with Gasteiger partial charge in [0.15, 0.2) is 0 Å². The van der Waals surface area contributed by atoms with Crippen LogP contribution in [0.5, 0.6) is 0 Å². The molecular weight excluding hydrogens is 348 g/mol. The lowest BCUT2D eigenvalue weighted by molar-refractivity contribution is -0.146. The molecule has 0 spiro atoms. The summed E-state index contributed by atoms with van der Waals surface area (Å²) < 4.78 is 0. The van der Waals surface area contributed by atoms with Crippen molar-refractivity contribution in [3.8, 4) is 0 Å². The number of aliphatic hydroxyl groups excluding tert-OH is 2. The van der Waals surface area contributed by atoms with Crippen LogP contribution >= 0.6 is 0 Å². The monoisotopic (exact) mass is 392 g/mol. The summed E-state index contributed by atoms with van der Waals surface area (Å²) in [4.78, 5) is 12.3. The number of fused-ring (bicyclic) bond motifs is 5. The summed E-state index contributed by atoms with van der Waals surface area (Å²) in [5.41, 5.74) is 1.09. The summed E-state index contributed by atoms with van der Waals surface area (Å²) >= 11 is 0. The Morgan fingerprint density at radius 1 is 1.07 bits per heavy atom. The predicted octanol–water partition coefficient (Wildman–Crippen LogP) is 5.23. The molecule has 0 amide bonds. The summed E-state index contributed by atoms with van der Waals surface area (Å²) in [6.07, 6.45) is 11.5. The van der Waals surface area contributed by atoms with Gasteiger partial charge >= 0.3 is 0 Å². The minimum Gasteiger partial charge on any atom is -0.394 e. The maximum Gasteiger partial charge on any atom is 0.136 e. The summed E-state index contributed by atoms with van der Waals surface area (Å²) in [5.74, 6) is 5.40. The molecule has 0 aromatic heterocycles. The van der Waals surface area contributed by atoms with Gasteiger partial charge in [0, 0.05) is 12.3 Å². The van der Waals surface area contributed by atoms with Crippen molar-refractivity contribution >= 4 is 5.78 Å². The standard InChI is InChI=1S/C22H36O.C3H8O2/c1-5-15-7-9-18-17-8-6-16-12-20(23)14(2)13-22(16,4)19(17)10-11-21(15,18)3;1-3(5)2-4/h14-19H,5-13H2,1-4H3;3-5H,2H2,1H3/t14?,15-,16?,17-,18-,19-,21+,22-;/m0./s1. The van der Waals surface area contributed by atoms with Crippen LogP contribution in [0.4, 0.5) is 0 Å². The second-order valence-electron chi connectivity index (χ2n) is 11.2. The third-order valence-electron chi connectivity index (χ3n) is 9.76. The van der Waals surface area contributed by atoms with E-state index in [1.807, 2.05) is 0 Å². The Hall–Kier alpha value is -0.410. The highest BCUT2D eigenvalue weighted by molar-refractivity contribution is 5.82. The zero-order chi connectivity index (χ0) is 20.7. The quantitative estimate of drug-likeness (QED) is 0.676. The molecule has 0 heterocycles. The molecule has 0 radical (unpaired) electrons. The first-order valence-corrected chi connectivity index (χ1v) is 12.0. The molecule has 0 saturated heterocycles. The molecule has 0 aromatic carbocycles. The first-order chi connectivity index (χ1) is 13.2. The zero-order valence-corrected chi connectivity index (χ0v) is 18.9. The predicted molar refractivity (Wildman–Crippen MR) is 114 cm³/mol. The van der Waals surface area contributed by atoms with Gasteiger partial charge in [-0.15, -0.1) is 0 Å². The molecule has 162 valence electrons. The van der Waals surface area contributed by atoms with E-state index in [1.54, 1.807) is 0 Å². The van der Waals surface area contributed by atoms with E-state index >= 15 is 0 Å². The molecule has 9 atom stereocenters. The van der Waals surface area contributed by atoms with Crippen LogP contribution < -0.4 is 0 Å².